The first kappa shape index (κ1) is 7.01. The highest BCUT2D eigenvalue weighted by Gasteiger charge is 2.42. The minimum Gasteiger partial charge on any atom is -0.467 e. The van der Waals surface area contributed by atoms with E-state index in [1.807, 2.05) is 0 Å². The van der Waals surface area contributed by atoms with Crippen LogP contribution in [0.4, 0.5) is 0 Å². The number of carbonyl (C=O) groups excluding carboxylic acids is 2. The van der Waals surface area contributed by atoms with E-state index in [0.717, 1.165) is 0 Å². The summed E-state index contributed by atoms with van der Waals surface area (Å²) in [6, 6.07) is -1.37. The molecule has 0 spiro atoms. The molecule has 0 radical (unpaired) electrons. The SMILES string of the molecule is COC(=O)[C@@H]1NC(=O)[C@@H]1N. The molecule has 0 aromatic heterocycles. The van der Waals surface area contributed by atoms with Crippen molar-refractivity contribution in [3.63, 3.8) is 0 Å². The second kappa shape index (κ2) is 2.26. The van der Waals surface area contributed by atoms with Gasteiger partial charge in [-0.3, -0.25) is 4.79 Å². The van der Waals surface area contributed by atoms with Gasteiger partial charge < -0.3 is 15.8 Å². The number of β-lactam (4-membered cyclic amide) rings is 1. The number of hydrogen-bond donors (Lipinski definition) is 2. The van der Waals surface area contributed by atoms with E-state index in [0.29, 0.717) is 0 Å². The second-order valence-electron chi connectivity index (χ2n) is 2.04. The predicted octanol–water partition coefficient (Wildman–Crippen LogP) is -2.01. The Morgan fingerprint density at radius 2 is 2.40 bits per heavy atom. The number of amides is 1. The van der Waals surface area contributed by atoms with Crippen molar-refractivity contribution in [3.05, 3.63) is 0 Å². The molecule has 1 rings (SSSR count). The van der Waals surface area contributed by atoms with Crippen LogP contribution in [0.3, 0.4) is 0 Å². The normalized spacial score (nSPS) is 30.4. The summed E-state index contributed by atoms with van der Waals surface area (Å²) in [5.74, 6) is -0.803. The van der Waals surface area contributed by atoms with Crippen molar-refractivity contribution >= 4 is 11.9 Å². The van der Waals surface area contributed by atoms with E-state index in [1.165, 1.54) is 7.11 Å². The van der Waals surface area contributed by atoms with Gasteiger partial charge in [0.1, 0.15) is 6.04 Å². The van der Waals surface area contributed by atoms with Gasteiger partial charge in [0.25, 0.3) is 0 Å². The molecule has 2 atom stereocenters. The van der Waals surface area contributed by atoms with Crippen LogP contribution >= 0.6 is 0 Å². The van der Waals surface area contributed by atoms with Crippen molar-refractivity contribution in [1.29, 1.82) is 0 Å². The maximum atomic E-state index is 10.6. The van der Waals surface area contributed by atoms with Gasteiger partial charge in [-0.25, -0.2) is 4.79 Å². The van der Waals surface area contributed by atoms with Crippen LogP contribution in [-0.2, 0) is 14.3 Å². The molecule has 56 valence electrons. The highest BCUT2D eigenvalue weighted by molar-refractivity contribution is 5.99. The Balaban J connectivity index is 2.47. The molecule has 3 N–H and O–H groups in total. The third kappa shape index (κ3) is 0.841. The van der Waals surface area contributed by atoms with Crippen LogP contribution in [0.15, 0.2) is 0 Å². The number of ether oxygens (including phenoxy) is 1. The van der Waals surface area contributed by atoms with Gasteiger partial charge in [-0.15, -0.1) is 0 Å². The first-order valence-corrected chi connectivity index (χ1v) is 2.80. The van der Waals surface area contributed by atoms with E-state index in [2.05, 4.69) is 10.1 Å². The number of carbonyl (C=O) groups is 2. The fourth-order valence-electron chi connectivity index (χ4n) is 0.727. The molecule has 0 unspecified atom stereocenters. The van der Waals surface area contributed by atoms with Gasteiger partial charge in [-0.05, 0) is 0 Å². The fraction of sp³-hybridized carbons (Fsp3) is 0.600. The highest BCUT2D eigenvalue weighted by Crippen LogP contribution is 2.03. The number of nitrogens with two attached hydrogens (primary N) is 1. The van der Waals surface area contributed by atoms with E-state index >= 15 is 0 Å². The molecule has 0 bridgehead atoms. The molecule has 0 aromatic carbocycles. The molecular weight excluding hydrogens is 136 g/mol. The van der Waals surface area contributed by atoms with E-state index in [4.69, 9.17) is 5.73 Å². The summed E-state index contributed by atoms with van der Waals surface area (Å²) in [6.07, 6.45) is 0. The van der Waals surface area contributed by atoms with Gasteiger partial charge in [0.05, 0.1) is 7.11 Å². The van der Waals surface area contributed by atoms with E-state index in [1.54, 1.807) is 0 Å². The largest absolute Gasteiger partial charge is 0.467 e. The number of esters is 1. The zero-order chi connectivity index (χ0) is 7.72. The minimum absolute atomic E-state index is 0.310. The summed E-state index contributed by atoms with van der Waals surface area (Å²) in [7, 11) is 1.25. The average molecular weight is 144 g/mol. The van der Waals surface area contributed by atoms with Crippen LogP contribution in [0, 0.1) is 0 Å². The van der Waals surface area contributed by atoms with Gasteiger partial charge in [0, 0.05) is 0 Å². The number of rotatable bonds is 1. The lowest BCUT2D eigenvalue weighted by Gasteiger charge is -2.30. The monoisotopic (exact) mass is 144 g/mol. The van der Waals surface area contributed by atoms with E-state index in [9.17, 15) is 9.59 Å². The topological polar surface area (TPSA) is 81.4 Å². The zero-order valence-corrected chi connectivity index (χ0v) is 5.46. The summed E-state index contributed by atoms with van der Waals surface area (Å²) in [5.41, 5.74) is 5.23. The molecule has 10 heavy (non-hydrogen) atoms. The van der Waals surface area contributed by atoms with E-state index in [-0.39, 0.29) is 5.91 Å². The van der Waals surface area contributed by atoms with Crippen LogP contribution in [0.1, 0.15) is 0 Å². The molecule has 0 aromatic rings. The van der Waals surface area contributed by atoms with Crippen LogP contribution in [0.2, 0.25) is 0 Å². The maximum Gasteiger partial charge on any atom is 0.330 e. The first-order chi connectivity index (χ1) is 4.66. The quantitative estimate of drug-likeness (QED) is 0.329. The van der Waals surface area contributed by atoms with Gasteiger partial charge in [0.2, 0.25) is 5.91 Å². The Morgan fingerprint density at radius 1 is 1.80 bits per heavy atom. The van der Waals surface area contributed by atoms with Crippen LogP contribution in [0.25, 0.3) is 0 Å². The fourth-order valence-corrected chi connectivity index (χ4v) is 0.727. The average Bonchev–Trinajstić information content (AvgIpc) is 1.98. The molecule has 0 aliphatic carbocycles. The maximum absolute atomic E-state index is 10.6. The van der Waals surface area contributed by atoms with Gasteiger partial charge in [-0.1, -0.05) is 0 Å². The molecule has 1 heterocycles. The Bertz CT molecular complexity index is 180. The minimum atomic E-state index is -0.729. The zero-order valence-electron chi connectivity index (χ0n) is 5.46. The summed E-state index contributed by atoms with van der Waals surface area (Å²) in [5, 5.41) is 2.30. The summed E-state index contributed by atoms with van der Waals surface area (Å²) in [6.45, 7) is 0. The summed E-state index contributed by atoms with van der Waals surface area (Å²) < 4.78 is 4.34. The molecule has 1 saturated heterocycles. The smallest absolute Gasteiger partial charge is 0.330 e. The number of nitrogens with one attached hydrogen (secondary N) is 1. The lowest BCUT2D eigenvalue weighted by molar-refractivity contribution is -0.152. The number of hydrogen-bond acceptors (Lipinski definition) is 4. The lowest BCUT2D eigenvalue weighted by atomic mass is 10.0. The second-order valence-corrected chi connectivity index (χ2v) is 2.04. The Hall–Kier alpha value is -1.10. The van der Waals surface area contributed by atoms with Crippen molar-refractivity contribution in [1.82, 2.24) is 5.32 Å². The molecular formula is C5H8N2O3. The molecule has 1 fully saturated rings. The highest BCUT2D eigenvalue weighted by atomic mass is 16.5. The van der Waals surface area contributed by atoms with Gasteiger partial charge in [-0.2, -0.15) is 0 Å². The lowest BCUT2D eigenvalue weighted by Crippen LogP contribution is -2.69. The first-order valence-electron chi connectivity index (χ1n) is 2.80. The summed E-state index contributed by atoms with van der Waals surface area (Å²) in [4.78, 5) is 21.1. The third-order valence-electron chi connectivity index (χ3n) is 1.41. The van der Waals surface area contributed by atoms with Crippen molar-refractivity contribution in [3.8, 4) is 0 Å². The Labute approximate surface area is 57.5 Å². The molecule has 1 amide bonds. The van der Waals surface area contributed by atoms with Gasteiger partial charge >= 0.3 is 5.97 Å². The third-order valence-corrected chi connectivity index (χ3v) is 1.41. The van der Waals surface area contributed by atoms with E-state index < -0.39 is 18.1 Å². The van der Waals surface area contributed by atoms with Crippen molar-refractivity contribution in [2.45, 2.75) is 12.1 Å². The van der Waals surface area contributed by atoms with Crippen molar-refractivity contribution in [2.24, 2.45) is 5.73 Å². The van der Waals surface area contributed by atoms with Crippen LogP contribution in [0.5, 0.6) is 0 Å². The Kier molecular flexibility index (Phi) is 1.58. The van der Waals surface area contributed by atoms with Crippen molar-refractivity contribution in [2.75, 3.05) is 7.11 Å². The standard InChI is InChI=1S/C5H8N2O3/c1-10-5(9)3-2(6)4(8)7-3/h2-3H,6H2,1H3,(H,7,8)/t2-,3-/m1/s1. The Morgan fingerprint density at radius 3 is 2.70 bits per heavy atom. The van der Waals surface area contributed by atoms with Gasteiger partial charge in [0.15, 0.2) is 6.04 Å². The summed E-state index contributed by atoms with van der Waals surface area (Å²) >= 11 is 0. The number of methoxy groups -OCH3 is 1. The molecule has 1 aliphatic heterocycles. The molecule has 0 saturated carbocycles. The van der Waals surface area contributed by atoms with Crippen molar-refractivity contribution < 1.29 is 14.3 Å². The molecule has 5 nitrogen and oxygen atoms in total. The van der Waals surface area contributed by atoms with Crippen LogP contribution < -0.4 is 11.1 Å². The predicted molar refractivity (Wildman–Crippen MR) is 31.9 cm³/mol. The molecule has 1 aliphatic rings. The molecule has 5 heteroatoms. The van der Waals surface area contributed by atoms with Crippen LogP contribution in [-0.4, -0.2) is 31.1 Å².